The summed E-state index contributed by atoms with van der Waals surface area (Å²) in [5.74, 6) is 1.71. The second kappa shape index (κ2) is 4.25. The highest BCUT2D eigenvalue weighted by atomic mass is 32.1. The van der Waals surface area contributed by atoms with E-state index in [1.165, 1.54) is 5.56 Å². The molecule has 0 fully saturated rings. The summed E-state index contributed by atoms with van der Waals surface area (Å²) in [4.78, 5) is 6.06. The lowest BCUT2D eigenvalue weighted by molar-refractivity contribution is 0.173. The Morgan fingerprint density at radius 3 is 3.00 bits per heavy atom. The highest BCUT2D eigenvalue weighted by Crippen LogP contribution is 2.35. The van der Waals surface area contributed by atoms with Gasteiger partial charge in [-0.3, -0.25) is 0 Å². The van der Waals surface area contributed by atoms with E-state index in [1.807, 2.05) is 18.3 Å². The first kappa shape index (κ1) is 10.4. The number of aromatic nitrogens is 2. The van der Waals surface area contributed by atoms with Crippen molar-refractivity contribution >= 4 is 12.2 Å². The van der Waals surface area contributed by atoms with Crippen LogP contribution in [0.5, 0.6) is 11.5 Å². The normalized spacial score (nSPS) is 12.9. The third-order valence-electron chi connectivity index (χ3n) is 2.79. The maximum Gasteiger partial charge on any atom is 0.231 e. The van der Waals surface area contributed by atoms with Gasteiger partial charge in [-0.1, -0.05) is 12.1 Å². The first-order chi connectivity index (χ1) is 8.33. The Balaban J connectivity index is 1.78. The van der Waals surface area contributed by atoms with Crippen molar-refractivity contribution in [2.24, 2.45) is 0 Å². The molecule has 1 aliphatic heterocycles. The van der Waals surface area contributed by atoms with E-state index in [4.69, 9.17) is 21.7 Å². The van der Waals surface area contributed by atoms with Crippen LogP contribution >= 0.6 is 12.2 Å². The minimum atomic E-state index is 0.318. The summed E-state index contributed by atoms with van der Waals surface area (Å²) in [6.07, 6.45) is 3.70. The molecular weight excluding hydrogens is 236 g/mol. The zero-order valence-corrected chi connectivity index (χ0v) is 9.97. The van der Waals surface area contributed by atoms with Crippen molar-refractivity contribution in [3.05, 3.63) is 40.4 Å². The van der Waals surface area contributed by atoms with Gasteiger partial charge in [0.15, 0.2) is 16.3 Å². The average Bonchev–Trinajstić information content (AvgIpc) is 2.94. The van der Waals surface area contributed by atoms with Crippen molar-refractivity contribution in [1.82, 2.24) is 9.97 Å². The predicted molar refractivity (Wildman–Crippen MR) is 66.0 cm³/mol. The number of benzene rings is 1. The Kier molecular flexibility index (Phi) is 2.60. The maximum absolute atomic E-state index is 5.46. The molecule has 1 aromatic carbocycles. The van der Waals surface area contributed by atoms with Crippen LogP contribution < -0.4 is 9.47 Å². The van der Waals surface area contributed by atoms with Gasteiger partial charge in [0.25, 0.3) is 0 Å². The van der Waals surface area contributed by atoms with E-state index in [1.54, 1.807) is 0 Å². The zero-order chi connectivity index (χ0) is 11.7. The quantitative estimate of drug-likeness (QED) is 0.821. The number of para-hydroxylation sites is 1. The fraction of sp³-hybridized carbons (Fsp3) is 0.250. The Hall–Kier alpha value is -1.75. The zero-order valence-electron chi connectivity index (χ0n) is 9.16. The molecule has 0 atom stereocenters. The standard InChI is InChI=1S/C12H12N2O2S/c17-12-13-6-9(14-12)5-4-8-2-1-3-10-11(8)16-7-15-10/h1-3,6H,4-5,7H2,(H2,13,14,17). The van der Waals surface area contributed by atoms with Gasteiger partial charge in [0, 0.05) is 11.9 Å². The fourth-order valence-electron chi connectivity index (χ4n) is 1.96. The number of aromatic amines is 2. The van der Waals surface area contributed by atoms with Gasteiger partial charge in [0.1, 0.15) is 0 Å². The molecule has 2 aromatic rings. The van der Waals surface area contributed by atoms with Crippen LogP contribution in [0.15, 0.2) is 24.4 Å². The maximum atomic E-state index is 5.46. The van der Waals surface area contributed by atoms with E-state index in [2.05, 4.69) is 16.0 Å². The van der Waals surface area contributed by atoms with Crippen molar-refractivity contribution in [3.8, 4) is 11.5 Å². The van der Waals surface area contributed by atoms with Crippen molar-refractivity contribution in [2.45, 2.75) is 12.8 Å². The van der Waals surface area contributed by atoms with Crippen LogP contribution in [-0.2, 0) is 12.8 Å². The van der Waals surface area contributed by atoms with Crippen molar-refractivity contribution < 1.29 is 9.47 Å². The van der Waals surface area contributed by atoms with Gasteiger partial charge >= 0.3 is 0 Å². The number of fused-ring (bicyclic) bond motifs is 1. The van der Waals surface area contributed by atoms with Crippen LogP contribution in [0.2, 0.25) is 0 Å². The van der Waals surface area contributed by atoms with Crippen molar-refractivity contribution in [3.63, 3.8) is 0 Å². The fourth-order valence-corrected chi connectivity index (χ4v) is 2.15. The largest absolute Gasteiger partial charge is 0.454 e. The summed E-state index contributed by atoms with van der Waals surface area (Å²) in [7, 11) is 0. The summed E-state index contributed by atoms with van der Waals surface area (Å²) < 4.78 is 11.5. The molecule has 1 aromatic heterocycles. The van der Waals surface area contributed by atoms with E-state index in [9.17, 15) is 0 Å². The molecule has 3 rings (SSSR count). The average molecular weight is 248 g/mol. The Labute approximate surface area is 104 Å². The number of hydrogen-bond acceptors (Lipinski definition) is 3. The summed E-state index contributed by atoms with van der Waals surface area (Å²) in [6, 6.07) is 5.98. The van der Waals surface area contributed by atoms with Crippen molar-refractivity contribution in [1.29, 1.82) is 0 Å². The van der Waals surface area contributed by atoms with Gasteiger partial charge in [-0.05, 0) is 36.7 Å². The van der Waals surface area contributed by atoms with Gasteiger partial charge in [0.2, 0.25) is 6.79 Å². The van der Waals surface area contributed by atoms with Crippen LogP contribution in [0.3, 0.4) is 0 Å². The second-order valence-corrected chi connectivity index (χ2v) is 4.33. The molecule has 1 aliphatic rings. The van der Waals surface area contributed by atoms with Gasteiger partial charge in [-0.25, -0.2) is 0 Å². The molecular formula is C12H12N2O2S. The summed E-state index contributed by atoms with van der Waals surface area (Å²) >= 11 is 4.99. The topological polar surface area (TPSA) is 50.0 Å². The Morgan fingerprint density at radius 2 is 2.18 bits per heavy atom. The number of rotatable bonds is 3. The Morgan fingerprint density at radius 1 is 1.24 bits per heavy atom. The number of H-pyrrole nitrogens is 2. The van der Waals surface area contributed by atoms with Crippen LogP contribution in [0.25, 0.3) is 0 Å². The lowest BCUT2D eigenvalue weighted by Gasteiger charge is -2.04. The third-order valence-corrected chi connectivity index (χ3v) is 3.01. The molecule has 0 saturated heterocycles. The number of nitrogens with one attached hydrogen (secondary N) is 2. The van der Waals surface area contributed by atoms with Crippen molar-refractivity contribution in [2.75, 3.05) is 6.79 Å². The molecule has 0 spiro atoms. The summed E-state index contributed by atoms with van der Waals surface area (Å²) in [5.41, 5.74) is 2.27. The minimum absolute atomic E-state index is 0.318. The second-order valence-electron chi connectivity index (χ2n) is 3.92. The molecule has 0 bridgehead atoms. The minimum Gasteiger partial charge on any atom is -0.454 e. The number of imidazole rings is 1. The van der Waals surface area contributed by atoms with Gasteiger partial charge < -0.3 is 19.4 Å². The van der Waals surface area contributed by atoms with Crippen LogP contribution in [0, 0.1) is 4.77 Å². The molecule has 2 heterocycles. The molecule has 0 aliphatic carbocycles. The van der Waals surface area contributed by atoms with Crippen LogP contribution in [-0.4, -0.2) is 16.8 Å². The van der Waals surface area contributed by atoms with Crippen LogP contribution in [0.1, 0.15) is 11.3 Å². The molecule has 5 heteroatoms. The lowest BCUT2D eigenvalue weighted by atomic mass is 10.1. The van der Waals surface area contributed by atoms with E-state index < -0.39 is 0 Å². The molecule has 0 radical (unpaired) electrons. The molecule has 17 heavy (non-hydrogen) atoms. The molecule has 0 saturated carbocycles. The third kappa shape index (κ3) is 2.06. The van der Waals surface area contributed by atoms with Gasteiger partial charge in [-0.2, -0.15) is 0 Å². The van der Waals surface area contributed by atoms with E-state index in [0.717, 1.165) is 30.0 Å². The SMILES string of the molecule is S=c1[nH]cc(CCc2cccc3c2OCO3)[nH]1. The lowest BCUT2D eigenvalue weighted by Crippen LogP contribution is -1.96. The smallest absolute Gasteiger partial charge is 0.231 e. The van der Waals surface area contributed by atoms with Crippen LogP contribution in [0.4, 0.5) is 0 Å². The summed E-state index contributed by atoms with van der Waals surface area (Å²) in [5, 5.41) is 0. The van der Waals surface area contributed by atoms with Gasteiger partial charge in [-0.15, -0.1) is 0 Å². The number of aryl methyl sites for hydroxylation is 2. The summed E-state index contributed by atoms with van der Waals surface area (Å²) in [6.45, 7) is 0.318. The molecule has 0 unspecified atom stereocenters. The van der Waals surface area contributed by atoms with E-state index in [-0.39, 0.29) is 0 Å². The molecule has 0 amide bonds. The number of hydrogen-bond donors (Lipinski definition) is 2. The van der Waals surface area contributed by atoms with E-state index in [0.29, 0.717) is 11.6 Å². The molecule has 2 N–H and O–H groups in total. The first-order valence-electron chi connectivity index (χ1n) is 5.47. The highest BCUT2D eigenvalue weighted by Gasteiger charge is 2.16. The van der Waals surface area contributed by atoms with Gasteiger partial charge in [0.05, 0.1) is 0 Å². The monoisotopic (exact) mass is 248 g/mol. The molecule has 4 nitrogen and oxygen atoms in total. The highest BCUT2D eigenvalue weighted by molar-refractivity contribution is 7.71. The predicted octanol–water partition coefficient (Wildman–Crippen LogP) is 2.59. The number of ether oxygens (including phenoxy) is 2. The molecule has 88 valence electrons. The first-order valence-corrected chi connectivity index (χ1v) is 5.88. The van der Waals surface area contributed by atoms with E-state index >= 15 is 0 Å². The Bertz CT molecular complexity index is 588.